The lowest BCUT2D eigenvalue weighted by Crippen LogP contribution is -2.52. The summed E-state index contributed by atoms with van der Waals surface area (Å²) in [6.07, 6.45) is 2.07. The van der Waals surface area contributed by atoms with Crippen molar-refractivity contribution in [1.29, 1.82) is 0 Å². The van der Waals surface area contributed by atoms with Gasteiger partial charge in [0, 0.05) is 12.8 Å². The van der Waals surface area contributed by atoms with Gasteiger partial charge in [0.05, 0.1) is 26.8 Å². The fourth-order valence-electron chi connectivity index (χ4n) is 4.81. The molecule has 0 amide bonds. The quantitative estimate of drug-likeness (QED) is 0.279. The second-order valence-electron chi connectivity index (χ2n) is 9.30. The first-order valence-corrected chi connectivity index (χ1v) is 12.0. The standard InChI is InChI=1S/C29H34NO4/c1-30(20-21-33-22-24-12-5-2-6-13-24)19-11-18-27(30)23-34-28(31)29(32,25-14-7-3-8-15-25)26-16-9-4-10-17-26/h2-10,12-17,27,32H,11,18-23H2,1H3/q+1/t27-,30?/m0/s1. The number of rotatable bonds is 10. The molecule has 0 aromatic heterocycles. The Balaban J connectivity index is 1.39. The molecule has 3 aromatic carbocycles. The number of quaternary nitrogens is 1. The number of carbonyl (C=O) groups is 1. The Hall–Kier alpha value is -2.99. The van der Waals surface area contributed by atoms with E-state index in [1.807, 2.05) is 54.6 Å². The molecule has 0 aliphatic carbocycles. The number of benzene rings is 3. The van der Waals surface area contributed by atoms with Crippen molar-refractivity contribution in [2.45, 2.75) is 31.1 Å². The maximum Gasteiger partial charge on any atom is 0.347 e. The third-order valence-electron chi connectivity index (χ3n) is 7.03. The first kappa shape index (κ1) is 24.1. The smallest absolute Gasteiger partial charge is 0.347 e. The van der Waals surface area contributed by atoms with Crippen LogP contribution in [0.5, 0.6) is 0 Å². The molecule has 0 spiro atoms. The highest BCUT2D eigenvalue weighted by molar-refractivity contribution is 5.85. The molecule has 3 aromatic rings. The SMILES string of the molecule is C[N+]1(CCOCc2ccccc2)CCC[C@H]1COC(=O)C(O)(c1ccccc1)c1ccccc1. The predicted molar refractivity (Wildman–Crippen MR) is 132 cm³/mol. The lowest BCUT2D eigenvalue weighted by atomic mass is 9.86. The first-order valence-electron chi connectivity index (χ1n) is 12.0. The van der Waals surface area contributed by atoms with Crippen molar-refractivity contribution in [3.63, 3.8) is 0 Å². The van der Waals surface area contributed by atoms with Gasteiger partial charge < -0.3 is 19.1 Å². The molecule has 178 valence electrons. The summed E-state index contributed by atoms with van der Waals surface area (Å²) < 4.78 is 12.6. The number of nitrogens with zero attached hydrogens (tertiary/aromatic N) is 1. The Bertz CT molecular complexity index is 1000. The van der Waals surface area contributed by atoms with E-state index in [0.29, 0.717) is 24.3 Å². The zero-order valence-corrected chi connectivity index (χ0v) is 19.8. The maximum absolute atomic E-state index is 13.3. The number of hydrogen-bond donors (Lipinski definition) is 1. The van der Waals surface area contributed by atoms with Gasteiger partial charge in [0.1, 0.15) is 19.2 Å². The molecule has 1 heterocycles. The summed E-state index contributed by atoms with van der Waals surface area (Å²) in [5.74, 6) is -0.635. The zero-order valence-electron chi connectivity index (χ0n) is 19.8. The van der Waals surface area contributed by atoms with Crippen LogP contribution in [-0.2, 0) is 26.5 Å². The van der Waals surface area contributed by atoms with Crippen molar-refractivity contribution in [3.8, 4) is 0 Å². The molecule has 5 heteroatoms. The number of aliphatic hydroxyl groups is 1. The van der Waals surface area contributed by atoms with Crippen molar-refractivity contribution in [3.05, 3.63) is 108 Å². The van der Waals surface area contributed by atoms with Crippen molar-refractivity contribution in [1.82, 2.24) is 0 Å². The van der Waals surface area contributed by atoms with Crippen LogP contribution in [0.2, 0.25) is 0 Å². The number of hydrogen-bond acceptors (Lipinski definition) is 4. The minimum Gasteiger partial charge on any atom is -0.457 e. The molecular weight excluding hydrogens is 426 g/mol. The second-order valence-corrected chi connectivity index (χ2v) is 9.30. The van der Waals surface area contributed by atoms with Crippen LogP contribution < -0.4 is 0 Å². The summed E-state index contributed by atoms with van der Waals surface area (Å²) in [6, 6.07) is 28.4. The molecule has 1 aliphatic rings. The van der Waals surface area contributed by atoms with Gasteiger partial charge in [-0.05, 0) is 16.7 Å². The largest absolute Gasteiger partial charge is 0.457 e. The summed E-state index contributed by atoms with van der Waals surface area (Å²) in [5.41, 5.74) is 0.329. The van der Waals surface area contributed by atoms with Gasteiger partial charge in [-0.1, -0.05) is 91.0 Å². The molecule has 1 saturated heterocycles. The monoisotopic (exact) mass is 460 g/mol. The van der Waals surface area contributed by atoms with Crippen molar-refractivity contribution in [2.24, 2.45) is 0 Å². The molecule has 0 radical (unpaired) electrons. The Morgan fingerprint density at radius 3 is 2.09 bits per heavy atom. The molecule has 0 bridgehead atoms. The van der Waals surface area contributed by atoms with Gasteiger partial charge in [-0.15, -0.1) is 0 Å². The Kier molecular flexibility index (Phi) is 7.78. The fourth-order valence-corrected chi connectivity index (χ4v) is 4.81. The number of ether oxygens (including phenoxy) is 2. The van der Waals surface area contributed by atoms with Crippen molar-refractivity contribution < 1.29 is 23.9 Å². The highest BCUT2D eigenvalue weighted by Crippen LogP contribution is 2.32. The highest BCUT2D eigenvalue weighted by Gasteiger charge is 2.44. The lowest BCUT2D eigenvalue weighted by Gasteiger charge is -2.36. The molecule has 1 aliphatic heterocycles. The summed E-state index contributed by atoms with van der Waals surface area (Å²) in [5, 5.41) is 11.6. The van der Waals surface area contributed by atoms with Gasteiger partial charge in [0.2, 0.25) is 5.60 Å². The molecule has 4 rings (SSSR count). The average Bonchev–Trinajstić information content (AvgIpc) is 3.26. The predicted octanol–water partition coefficient (Wildman–Crippen LogP) is 4.29. The van der Waals surface area contributed by atoms with Crippen LogP contribution in [0.4, 0.5) is 0 Å². The number of carbonyl (C=O) groups excluding carboxylic acids is 1. The van der Waals surface area contributed by atoms with E-state index < -0.39 is 11.6 Å². The number of likely N-dealkylation sites (tertiary alicyclic amines) is 1. The molecular formula is C29H34NO4+. The minimum atomic E-state index is -1.84. The minimum absolute atomic E-state index is 0.181. The van der Waals surface area contributed by atoms with Gasteiger partial charge in [-0.2, -0.15) is 0 Å². The van der Waals surface area contributed by atoms with Gasteiger partial charge >= 0.3 is 5.97 Å². The van der Waals surface area contributed by atoms with Crippen LogP contribution in [0.25, 0.3) is 0 Å². The second kappa shape index (κ2) is 11.0. The summed E-state index contributed by atoms with van der Waals surface area (Å²) >= 11 is 0. The number of esters is 1. The van der Waals surface area contributed by atoms with Gasteiger partial charge in [0.25, 0.3) is 0 Å². The van der Waals surface area contributed by atoms with Gasteiger partial charge in [-0.25, -0.2) is 4.79 Å². The van der Waals surface area contributed by atoms with E-state index in [1.165, 1.54) is 0 Å². The maximum atomic E-state index is 13.3. The van der Waals surface area contributed by atoms with Crippen molar-refractivity contribution >= 4 is 5.97 Å². The van der Waals surface area contributed by atoms with Crippen LogP contribution >= 0.6 is 0 Å². The molecule has 5 nitrogen and oxygen atoms in total. The van der Waals surface area contributed by atoms with Gasteiger partial charge in [-0.3, -0.25) is 0 Å². The molecule has 34 heavy (non-hydrogen) atoms. The van der Waals surface area contributed by atoms with Gasteiger partial charge in [0.15, 0.2) is 0 Å². The van der Waals surface area contributed by atoms with E-state index in [-0.39, 0.29) is 12.6 Å². The van der Waals surface area contributed by atoms with E-state index in [2.05, 4.69) is 19.2 Å². The Morgan fingerprint density at radius 1 is 0.941 bits per heavy atom. The van der Waals surface area contributed by atoms with Crippen LogP contribution in [0.1, 0.15) is 29.5 Å². The van der Waals surface area contributed by atoms with Crippen LogP contribution in [-0.4, -0.2) is 55.0 Å². The van der Waals surface area contributed by atoms with Crippen molar-refractivity contribution in [2.75, 3.05) is 33.4 Å². The summed E-state index contributed by atoms with van der Waals surface area (Å²) in [6.45, 7) is 3.40. The van der Waals surface area contributed by atoms with E-state index in [9.17, 15) is 9.90 Å². The third kappa shape index (κ3) is 5.39. The van der Waals surface area contributed by atoms with Crippen LogP contribution in [0, 0.1) is 0 Å². The average molecular weight is 461 g/mol. The topological polar surface area (TPSA) is 55.8 Å². The van der Waals surface area contributed by atoms with E-state index in [4.69, 9.17) is 9.47 Å². The normalized spacial score (nSPS) is 20.2. The zero-order chi connectivity index (χ0) is 23.9. The molecule has 1 unspecified atom stereocenters. The van der Waals surface area contributed by atoms with E-state index >= 15 is 0 Å². The molecule has 2 atom stereocenters. The number of likely N-dealkylation sites (N-methyl/N-ethyl adjacent to an activating group) is 1. The summed E-state index contributed by atoms with van der Waals surface area (Å²) in [7, 11) is 2.21. The molecule has 1 N–H and O–H groups in total. The molecule has 0 saturated carbocycles. The van der Waals surface area contributed by atoms with Crippen LogP contribution in [0.15, 0.2) is 91.0 Å². The lowest BCUT2D eigenvalue weighted by molar-refractivity contribution is -0.921. The van der Waals surface area contributed by atoms with E-state index in [0.717, 1.165) is 36.0 Å². The highest BCUT2D eigenvalue weighted by atomic mass is 16.6. The Morgan fingerprint density at radius 2 is 1.50 bits per heavy atom. The fraction of sp³-hybridized carbons (Fsp3) is 0.345. The third-order valence-corrected chi connectivity index (χ3v) is 7.03. The first-order chi connectivity index (χ1) is 16.5. The molecule has 1 fully saturated rings. The Labute approximate surface area is 202 Å². The summed E-state index contributed by atoms with van der Waals surface area (Å²) in [4.78, 5) is 13.3. The van der Waals surface area contributed by atoms with E-state index in [1.54, 1.807) is 24.3 Å². The van der Waals surface area contributed by atoms with Crippen LogP contribution in [0.3, 0.4) is 0 Å².